The molecule has 1 nitrogen and oxygen atoms in total. The number of allylic oxidation sites excluding steroid dienone is 4. The van der Waals surface area contributed by atoms with Crippen LogP contribution in [0.2, 0.25) is 0 Å². The molecular weight excluding hydrogens is 136 g/mol. The van der Waals surface area contributed by atoms with Crippen LogP contribution >= 0.6 is 0 Å². The average Bonchev–Trinajstić information content (AvgIpc) is 2.04. The number of carbonyl (C=O) groups is 1. The molecule has 0 aliphatic heterocycles. The Morgan fingerprint density at radius 2 is 2.27 bits per heavy atom. The third-order valence-electron chi connectivity index (χ3n) is 2.61. The van der Waals surface area contributed by atoms with Crippen LogP contribution in [0.25, 0.3) is 0 Å². The quantitative estimate of drug-likeness (QED) is 0.520. The van der Waals surface area contributed by atoms with Gasteiger partial charge in [0.2, 0.25) is 0 Å². The third kappa shape index (κ3) is 1.15. The van der Waals surface area contributed by atoms with Gasteiger partial charge in [-0.25, -0.2) is 0 Å². The maximum atomic E-state index is 11.0. The Kier molecular flexibility index (Phi) is 1.65. The van der Waals surface area contributed by atoms with Crippen LogP contribution in [0, 0.1) is 11.8 Å². The monoisotopic (exact) mass is 148 g/mol. The Bertz CT molecular complexity index is 225. The molecule has 0 heterocycles. The Hall–Kier alpha value is -0.850. The van der Waals surface area contributed by atoms with E-state index in [1.807, 2.05) is 6.08 Å². The van der Waals surface area contributed by atoms with E-state index < -0.39 is 0 Å². The summed E-state index contributed by atoms with van der Waals surface area (Å²) < 4.78 is 0. The van der Waals surface area contributed by atoms with E-state index >= 15 is 0 Å². The Labute approximate surface area is 66.8 Å². The van der Waals surface area contributed by atoms with Gasteiger partial charge in [-0.1, -0.05) is 18.2 Å². The van der Waals surface area contributed by atoms with Crippen molar-refractivity contribution in [2.24, 2.45) is 11.8 Å². The van der Waals surface area contributed by atoms with Crippen molar-refractivity contribution < 1.29 is 4.79 Å². The molecular formula is C10H12O. The van der Waals surface area contributed by atoms with Crippen molar-refractivity contribution in [2.45, 2.75) is 19.3 Å². The van der Waals surface area contributed by atoms with Crippen LogP contribution in [0.5, 0.6) is 0 Å². The van der Waals surface area contributed by atoms with E-state index in [4.69, 9.17) is 0 Å². The smallest absolute Gasteiger partial charge is 0.162 e. The average molecular weight is 148 g/mol. The van der Waals surface area contributed by atoms with E-state index in [1.165, 1.54) is 6.42 Å². The zero-order chi connectivity index (χ0) is 7.68. The molecule has 0 fully saturated rings. The number of carbonyl (C=O) groups excluding carboxylic acids is 1. The molecule has 0 saturated carbocycles. The van der Waals surface area contributed by atoms with Crippen LogP contribution in [0.1, 0.15) is 19.3 Å². The van der Waals surface area contributed by atoms with Gasteiger partial charge in [0.25, 0.3) is 0 Å². The maximum Gasteiger partial charge on any atom is 0.162 e. The van der Waals surface area contributed by atoms with Crippen molar-refractivity contribution in [1.29, 1.82) is 0 Å². The first-order valence-electron chi connectivity index (χ1n) is 4.25. The van der Waals surface area contributed by atoms with E-state index in [0.29, 0.717) is 11.7 Å². The molecule has 0 aromatic heterocycles. The highest BCUT2D eigenvalue weighted by Crippen LogP contribution is 2.31. The summed E-state index contributed by atoms with van der Waals surface area (Å²) in [5.74, 6) is 1.21. The third-order valence-corrected chi connectivity index (χ3v) is 2.61. The normalized spacial score (nSPS) is 35.5. The first-order chi connectivity index (χ1) is 5.38. The molecule has 0 bridgehead atoms. The predicted octanol–water partition coefficient (Wildman–Crippen LogP) is 2.10. The summed E-state index contributed by atoms with van der Waals surface area (Å²) in [6.07, 6.45) is 11.6. The molecule has 0 saturated heterocycles. The van der Waals surface area contributed by atoms with Gasteiger partial charge in [-0.2, -0.15) is 0 Å². The van der Waals surface area contributed by atoms with Crippen molar-refractivity contribution in [3.8, 4) is 0 Å². The van der Waals surface area contributed by atoms with Crippen LogP contribution in [0.15, 0.2) is 24.3 Å². The molecule has 0 amide bonds. The minimum Gasteiger partial charge on any atom is -0.294 e. The van der Waals surface area contributed by atoms with E-state index in [0.717, 1.165) is 12.8 Å². The highest BCUT2D eigenvalue weighted by atomic mass is 16.1. The molecule has 2 rings (SSSR count). The number of rotatable bonds is 1. The molecule has 0 spiro atoms. The van der Waals surface area contributed by atoms with Gasteiger partial charge < -0.3 is 0 Å². The molecule has 2 atom stereocenters. The second kappa shape index (κ2) is 2.65. The fourth-order valence-electron chi connectivity index (χ4n) is 1.82. The highest BCUT2D eigenvalue weighted by molar-refractivity contribution is 5.99. The lowest BCUT2D eigenvalue weighted by atomic mass is 9.76. The summed E-state index contributed by atoms with van der Waals surface area (Å²) in [5.41, 5.74) is 0. The Balaban J connectivity index is 2.00. The summed E-state index contributed by atoms with van der Waals surface area (Å²) in [6, 6.07) is 0. The second-order valence-corrected chi connectivity index (χ2v) is 3.33. The van der Waals surface area contributed by atoms with Crippen molar-refractivity contribution in [1.82, 2.24) is 0 Å². The summed E-state index contributed by atoms with van der Waals surface area (Å²) in [6.45, 7) is 0. The molecule has 0 radical (unpaired) electrons. The lowest BCUT2D eigenvalue weighted by molar-refractivity contribution is -0.120. The predicted molar refractivity (Wildman–Crippen MR) is 44.1 cm³/mol. The molecule has 2 aliphatic rings. The summed E-state index contributed by atoms with van der Waals surface area (Å²) >= 11 is 0. The Morgan fingerprint density at radius 1 is 1.36 bits per heavy atom. The molecule has 0 N–H and O–H groups in total. The molecule has 0 aromatic rings. The van der Waals surface area contributed by atoms with Gasteiger partial charge in [-0.3, -0.25) is 4.79 Å². The van der Waals surface area contributed by atoms with Crippen LogP contribution < -0.4 is 0 Å². The van der Waals surface area contributed by atoms with Gasteiger partial charge in [0, 0.05) is 5.92 Å². The fourth-order valence-corrected chi connectivity index (χ4v) is 1.82. The second-order valence-electron chi connectivity index (χ2n) is 3.33. The molecule has 58 valence electrons. The zero-order valence-electron chi connectivity index (χ0n) is 6.49. The largest absolute Gasteiger partial charge is 0.294 e. The number of ketones is 1. The van der Waals surface area contributed by atoms with Gasteiger partial charge in [0.1, 0.15) is 0 Å². The molecule has 0 aromatic carbocycles. The van der Waals surface area contributed by atoms with E-state index in [1.54, 1.807) is 6.08 Å². The molecule has 11 heavy (non-hydrogen) atoms. The van der Waals surface area contributed by atoms with Crippen molar-refractivity contribution >= 4 is 5.78 Å². The van der Waals surface area contributed by atoms with Gasteiger partial charge in [-0.15, -0.1) is 0 Å². The van der Waals surface area contributed by atoms with E-state index in [-0.39, 0.29) is 5.92 Å². The highest BCUT2D eigenvalue weighted by Gasteiger charge is 2.29. The maximum absolute atomic E-state index is 11.0. The summed E-state index contributed by atoms with van der Waals surface area (Å²) in [5, 5.41) is 0. The summed E-state index contributed by atoms with van der Waals surface area (Å²) in [7, 11) is 0. The van der Waals surface area contributed by atoms with E-state index in [9.17, 15) is 4.79 Å². The lowest BCUT2D eigenvalue weighted by Gasteiger charge is -2.27. The Morgan fingerprint density at radius 3 is 2.73 bits per heavy atom. The lowest BCUT2D eigenvalue weighted by Crippen LogP contribution is -2.27. The molecule has 1 heteroatoms. The first-order valence-corrected chi connectivity index (χ1v) is 4.25. The first kappa shape index (κ1) is 6.84. The SMILES string of the molecule is O=C1C=CC1C1CC=CCC1. The minimum atomic E-state index is 0.264. The fraction of sp³-hybridized carbons (Fsp3) is 0.500. The molecule has 2 unspecified atom stereocenters. The summed E-state index contributed by atoms with van der Waals surface area (Å²) in [4.78, 5) is 11.0. The standard InChI is InChI=1S/C10H12O/c11-10-7-6-9(10)8-4-2-1-3-5-8/h1-2,6-9H,3-5H2. The van der Waals surface area contributed by atoms with Crippen LogP contribution in [-0.2, 0) is 4.79 Å². The zero-order valence-corrected chi connectivity index (χ0v) is 6.49. The van der Waals surface area contributed by atoms with Crippen molar-refractivity contribution in [2.75, 3.05) is 0 Å². The van der Waals surface area contributed by atoms with Crippen molar-refractivity contribution in [3.05, 3.63) is 24.3 Å². The number of hydrogen-bond acceptors (Lipinski definition) is 1. The van der Waals surface area contributed by atoms with Crippen LogP contribution in [0.4, 0.5) is 0 Å². The van der Waals surface area contributed by atoms with Gasteiger partial charge in [-0.05, 0) is 31.3 Å². The van der Waals surface area contributed by atoms with Gasteiger partial charge in [0.15, 0.2) is 5.78 Å². The van der Waals surface area contributed by atoms with Crippen LogP contribution in [0.3, 0.4) is 0 Å². The van der Waals surface area contributed by atoms with Gasteiger partial charge in [0.05, 0.1) is 0 Å². The topological polar surface area (TPSA) is 17.1 Å². The number of hydrogen-bond donors (Lipinski definition) is 0. The van der Waals surface area contributed by atoms with Gasteiger partial charge >= 0.3 is 0 Å². The van der Waals surface area contributed by atoms with Crippen molar-refractivity contribution in [3.63, 3.8) is 0 Å². The van der Waals surface area contributed by atoms with E-state index in [2.05, 4.69) is 12.2 Å². The minimum absolute atomic E-state index is 0.264. The molecule has 2 aliphatic carbocycles. The van der Waals surface area contributed by atoms with Crippen LogP contribution in [-0.4, -0.2) is 5.78 Å².